The average molecular weight is 230 g/mol. The van der Waals surface area contributed by atoms with Crippen molar-refractivity contribution in [3.8, 4) is 0 Å². The number of aromatic nitrogens is 1. The zero-order valence-electron chi connectivity index (χ0n) is 9.23. The molecule has 0 saturated heterocycles. The van der Waals surface area contributed by atoms with Gasteiger partial charge in [0.25, 0.3) is 0 Å². The molecule has 1 heterocycles. The van der Waals surface area contributed by atoms with E-state index in [-0.39, 0.29) is 0 Å². The van der Waals surface area contributed by atoms with Crippen LogP contribution in [0.3, 0.4) is 0 Å². The summed E-state index contributed by atoms with van der Waals surface area (Å²) in [7, 11) is 0. The normalized spacial score (nSPS) is 15.1. The van der Waals surface area contributed by atoms with Crippen molar-refractivity contribution in [2.45, 2.75) is 25.8 Å². The molecule has 2 nitrogen and oxygen atoms in total. The van der Waals surface area contributed by atoms with E-state index in [4.69, 9.17) is 0 Å². The van der Waals surface area contributed by atoms with Crippen LogP contribution in [-0.4, -0.2) is 11.0 Å². The number of hydrogen-bond acceptors (Lipinski definition) is 3. The number of nitrogens with zero attached hydrogens (tertiary/aromatic N) is 1. The molecule has 1 aromatic carbocycles. The number of fused-ring (bicyclic) bond motifs is 1. The minimum atomic E-state index is 0.517. The van der Waals surface area contributed by atoms with E-state index in [1.807, 2.05) is 6.92 Å². The average Bonchev–Trinajstić information content (AvgIpc) is 2.84. The second-order valence-corrected chi connectivity index (χ2v) is 5.17. The van der Waals surface area contributed by atoms with Crippen molar-refractivity contribution < 1.29 is 0 Å². The summed E-state index contributed by atoms with van der Waals surface area (Å²) in [5.74, 6) is 0. The van der Waals surface area contributed by atoms with Crippen LogP contribution >= 0.6 is 11.3 Å². The molecule has 0 unspecified atom stereocenters. The van der Waals surface area contributed by atoms with Crippen molar-refractivity contribution in [1.29, 1.82) is 0 Å². The first-order valence-corrected chi connectivity index (χ1v) is 6.44. The lowest BCUT2D eigenvalue weighted by molar-refractivity contribution is 0.772. The zero-order chi connectivity index (χ0) is 11.0. The third-order valence-electron chi connectivity index (χ3n) is 3.00. The topological polar surface area (TPSA) is 24.9 Å². The first kappa shape index (κ1) is 9.85. The van der Waals surface area contributed by atoms with Crippen LogP contribution in [0.2, 0.25) is 0 Å². The van der Waals surface area contributed by atoms with Crippen molar-refractivity contribution in [3.05, 3.63) is 46.5 Å². The molecule has 0 fully saturated rings. The summed E-state index contributed by atoms with van der Waals surface area (Å²) < 4.78 is 0. The maximum Gasteiger partial charge on any atom is 0.183 e. The van der Waals surface area contributed by atoms with Crippen LogP contribution in [0.5, 0.6) is 0 Å². The van der Waals surface area contributed by atoms with Gasteiger partial charge in [0.05, 0.1) is 5.69 Å². The maximum atomic E-state index is 4.44. The summed E-state index contributed by atoms with van der Waals surface area (Å²) in [6, 6.07) is 9.21. The van der Waals surface area contributed by atoms with Gasteiger partial charge < -0.3 is 5.32 Å². The molecule has 1 aliphatic carbocycles. The number of anilines is 1. The molecular formula is C13H14N2S. The van der Waals surface area contributed by atoms with Crippen LogP contribution in [0.4, 0.5) is 5.13 Å². The second kappa shape index (κ2) is 3.91. The monoisotopic (exact) mass is 230 g/mol. The van der Waals surface area contributed by atoms with E-state index in [2.05, 4.69) is 39.9 Å². The molecular weight excluding hydrogens is 216 g/mol. The Labute approximate surface area is 99.4 Å². The van der Waals surface area contributed by atoms with Crippen LogP contribution in [0.25, 0.3) is 0 Å². The summed E-state index contributed by atoms with van der Waals surface area (Å²) in [5, 5.41) is 6.65. The molecule has 3 rings (SSSR count). The van der Waals surface area contributed by atoms with Gasteiger partial charge in [-0.3, -0.25) is 0 Å². The van der Waals surface area contributed by atoms with Gasteiger partial charge in [-0.2, -0.15) is 0 Å². The molecule has 1 aliphatic rings. The minimum absolute atomic E-state index is 0.517. The van der Waals surface area contributed by atoms with Crippen molar-refractivity contribution in [3.63, 3.8) is 0 Å². The van der Waals surface area contributed by atoms with Gasteiger partial charge in [-0.15, -0.1) is 11.3 Å². The third kappa shape index (κ3) is 1.83. The molecule has 0 atom stereocenters. The Morgan fingerprint density at radius 1 is 1.25 bits per heavy atom. The van der Waals surface area contributed by atoms with Crippen LogP contribution in [0.15, 0.2) is 29.6 Å². The summed E-state index contributed by atoms with van der Waals surface area (Å²) in [4.78, 5) is 4.44. The Balaban J connectivity index is 1.72. The first-order chi connectivity index (χ1) is 7.81. The predicted octanol–water partition coefficient (Wildman–Crippen LogP) is 3.03. The van der Waals surface area contributed by atoms with Crippen LogP contribution < -0.4 is 5.32 Å². The van der Waals surface area contributed by atoms with Crippen molar-refractivity contribution in [2.75, 3.05) is 5.32 Å². The highest BCUT2D eigenvalue weighted by atomic mass is 32.1. The number of rotatable bonds is 2. The smallest absolute Gasteiger partial charge is 0.183 e. The SMILES string of the molecule is Cc1csc(NC2Cc3ccccc3C2)n1. The Hall–Kier alpha value is -1.35. The van der Waals surface area contributed by atoms with E-state index < -0.39 is 0 Å². The largest absolute Gasteiger partial charge is 0.358 e. The summed E-state index contributed by atoms with van der Waals surface area (Å²) >= 11 is 1.69. The number of thiazole rings is 1. The van der Waals surface area contributed by atoms with E-state index in [0.717, 1.165) is 23.7 Å². The molecule has 1 N–H and O–H groups in total. The molecule has 0 aliphatic heterocycles. The van der Waals surface area contributed by atoms with Gasteiger partial charge in [-0.25, -0.2) is 4.98 Å². The molecule has 2 aromatic rings. The molecule has 1 aromatic heterocycles. The fourth-order valence-electron chi connectivity index (χ4n) is 2.26. The van der Waals surface area contributed by atoms with Gasteiger partial charge in [0, 0.05) is 11.4 Å². The molecule has 0 amide bonds. The molecule has 0 bridgehead atoms. The molecule has 16 heavy (non-hydrogen) atoms. The van der Waals surface area contributed by atoms with Crippen molar-refractivity contribution >= 4 is 16.5 Å². The first-order valence-electron chi connectivity index (χ1n) is 5.57. The van der Waals surface area contributed by atoms with Crippen molar-refractivity contribution in [1.82, 2.24) is 4.98 Å². The fraction of sp³-hybridized carbons (Fsp3) is 0.308. The lowest BCUT2D eigenvalue weighted by Gasteiger charge is -2.09. The Morgan fingerprint density at radius 3 is 2.50 bits per heavy atom. The van der Waals surface area contributed by atoms with Gasteiger partial charge in [-0.1, -0.05) is 24.3 Å². The van der Waals surface area contributed by atoms with Gasteiger partial charge in [-0.05, 0) is 30.9 Å². The maximum absolute atomic E-state index is 4.44. The summed E-state index contributed by atoms with van der Waals surface area (Å²) in [5.41, 5.74) is 4.06. The van der Waals surface area contributed by atoms with Gasteiger partial charge in [0.2, 0.25) is 0 Å². The lowest BCUT2D eigenvalue weighted by Crippen LogP contribution is -2.19. The van der Waals surface area contributed by atoms with E-state index in [0.29, 0.717) is 6.04 Å². The number of benzene rings is 1. The molecule has 3 heteroatoms. The number of nitrogens with one attached hydrogen (secondary N) is 1. The molecule has 82 valence electrons. The van der Waals surface area contributed by atoms with Crippen LogP contribution in [-0.2, 0) is 12.8 Å². The second-order valence-electron chi connectivity index (χ2n) is 4.31. The predicted molar refractivity (Wildman–Crippen MR) is 68.1 cm³/mol. The van der Waals surface area contributed by atoms with E-state index >= 15 is 0 Å². The van der Waals surface area contributed by atoms with Gasteiger partial charge in [0.15, 0.2) is 5.13 Å². The molecule has 0 spiro atoms. The minimum Gasteiger partial charge on any atom is -0.358 e. The van der Waals surface area contributed by atoms with Crippen LogP contribution in [0.1, 0.15) is 16.8 Å². The Kier molecular flexibility index (Phi) is 2.40. The Bertz CT molecular complexity index is 479. The summed E-state index contributed by atoms with van der Waals surface area (Å²) in [6.45, 7) is 2.03. The van der Waals surface area contributed by atoms with Gasteiger partial charge >= 0.3 is 0 Å². The van der Waals surface area contributed by atoms with Crippen molar-refractivity contribution in [2.24, 2.45) is 0 Å². The highest BCUT2D eigenvalue weighted by Crippen LogP contribution is 2.25. The highest BCUT2D eigenvalue weighted by Gasteiger charge is 2.21. The van der Waals surface area contributed by atoms with Gasteiger partial charge in [0.1, 0.15) is 0 Å². The zero-order valence-corrected chi connectivity index (χ0v) is 10.1. The number of aryl methyl sites for hydroxylation is 1. The fourth-order valence-corrected chi connectivity index (χ4v) is 3.02. The summed E-state index contributed by atoms with van der Waals surface area (Å²) in [6.07, 6.45) is 2.24. The standard InChI is InChI=1S/C13H14N2S/c1-9-8-16-13(14-9)15-12-6-10-4-2-3-5-11(10)7-12/h2-5,8,12H,6-7H2,1H3,(H,14,15). The van der Waals surface area contributed by atoms with E-state index in [1.54, 1.807) is 11.3 Å². The Morgan fingerprint density at radius 2 is 1.94 bits per heavy atom. The van der Waals surface area contributed by atoms with E-state index in [9.17, 15) is 0 Å². The molecule has 0 saturated carbocycles. The number of hydrogen-bond donors (Lipinski definition) is 1. The third-order valence-corrected chi connectivity index (χ3v) is 3.89. The highest BCUT2D eigenvalue weighted by molar-refractivity contribution is 7.13. The van der Waals surface area contributed by atoms with E-state index in [1.165, 1.54) is 11.1 Å². The van der Waals surface area contributed by atoms with Crippen LogP contribution in [0, 0.1) is 6.92 Å². The quantitative estimate of drug-likeness (QED) is 0.857. The lowest BCUT2D eigenvalue weighted by atomic mass is 10.1. The molecule has 0 radical (unpaired) electrons.